The van der Waals surface area contributed by atoms with Crippen molar-refractivity contribution in [1.29, 1.82) is 0 Å². The number of allylic oxidation sites excluding steroid dienone is 2. The van der Waals surface area contributed by atoms with Crippen molar-refractivity contribution < 1.29 is 34.4 Å². The zero-order valence-corrected chi connectivity index (χ0v) is 15.9. The molecule has 3 radical (unpaired) electrons. The second kappa shape index (κ2) is 20.5. The second-order valence-electron chi connectivity index (χ2n) is 4.15. The van der Waals surface area contributed by atoms with Crippen LogP contribution in [0.5, 0.6) is 0 Å². The highest BCUT2D eigenvalue weighted by Crippen LogP contribution is 1.90. The molecule has 3 N–H and O–H groups in total. The van der Waals surface area contributed by atoms with Crippen LogP contribution in [0.2, 0.25) is 0 Å². The van der Waals surface area contributed by atoms with Crippen LogP contribution in [-0.2, 0) is 19.1 Å². The van der Waals surface area contributed by atoms with Crippen LogP contribution in [0, 0.1) is 0 Å². The highest BCUT2D eigenvalue weighted by atomic mass is 27.0. The molecular weight excluding hydrogens is 319 g/mol. The van der Waals surface area contributed by atoms with E-state index in [1.165, 1.54) is 13.8 Å². The van der Waals surface area contributed by atoms with Gasteiger partial charge < -0.3 is 24.8 Å². The average Bonchev–Trinajstić information content (AvgIpc) is 2.26. The minimum atomic E-state index is -0.315. The molecule has 7 nitrogen and oxygen atoms in total. The molecule has 133 valence electrons. The van der Waals surface area contributed by atoms with Gasteiger partial charge >= 0.3 is 0 Å². The Balaban J connectivity index is -0.000000124. The summed E-state index contributed by atoms with van der Waals surface area (Å²) in [5, 5.41) is 25.3. The number of ether oxygens (including phenoxy) is 2. The van der Waals surface area contributed by atoms with Crippen LogP contribution in [0.15, 0.2) is 24.0 Å². The Morgan fingerprint density at radius 3 is 1.26 bits per heavy atom. The van der Waals surface area contributed by atoms with Gasteiger partial charge in [0.15, 0.2) is 11.6 Å². The quantitative estimate of drug-likeness (QED) is 0.383. The predicted octanol–water partition coefficient (Wildman–Crippen LogP) is 2.03. The fourth-order valence-electron chi connectivity index (χ4n) is 0.727. The third kappa shape index (κ3) is 44.9. The largest absolute Gasteiger partial charge is 0.481 e. The lowest BCUT2D eigenvalue weighted by Gasteiger charge is -1.96. The standard InChI is InChI=1S/2C6H10O3.C3H8O.Al/c2*1-3-9-6(8)4-5(2)7;1-3(2)4;/h2*4,8H,3H2,1-2H3;3-4H,1-2H3;/b2*6-4-;;. The Labute approximate surface area is 148 Å². The van der Waals surface area contributed by atoms with Gasteiger partial charge in [0.05, 0.1) is 25.4 Å². The summed E-state index contributed by atoms with van der Waals surface area (Å²) in [5.41, 5.74) is 0. The van der Waals surface area contributed by atoms with Crippen molar-refractivity contribution in [2.75, 3.05) is 13.2 Å². The molecule has 0 aromatic carbocycles. The van der Waals surface area contributed by atoms with Crippen molar-refractivity contribution in [2.24, 2.45) is 0 Å². The number of ketones is 2. The maximum Gasteiger partial charge on any atom is 0.280 e. The van der Waals surface area contributed by atoms with E-state index in [4.69, 9.17) is 15.3 Å². The third-order valence-corrected chi connectivity index (χ3v) is 1.24. The molecule has 0 saturated carbocycles. The normalized spacial score (nSPS) is 10.3. The first-order valence-corrected chi connectivity index (χ1v) is 6.82. The van der Waals surface area contributed by atoms with Crippen molar-refractivity contribution in [2.45, 2.75) is 47.6 Å². The van der Waals surface area contributed by atoms with Gasteiger partial charge in [0.2, 0.25) is 0 Å². The SMILES string of the molecule is CC(C)O.CCO/C(O)=C\C(C)=O.CCO/C(O)=C\C(C)=O.[Al]. The first kappa shape index (κ1) is 29.5. The van der Waals surface area contributed by atoms with Gasteiger partial charge in [-0.05, 0) is 41.5 Å². The number of hydrogen-bond acceptors (Lipinski definition) is 7. The van der Waals surface area contributed by atoms with E-state index in [-0.39, 0.29) is 46.9 Å². The summed E-state index contributed by atoms with van der Waals surface area (Å²) in [4.78, 5) is 20.4. The van der Waals surface area contributed by atoms with E-state index in [9.17, 15) is 9.59 Å². The fourth-order valence-corrected chi connectivity index (χ4v) is 0.727. The zero-order valence-electron chi connectivity index (χ0n) is 14.7. The summed E-state index contributed by atoms with van der Waals surface area (Å²) in [6, 6.07) is 0. The fraction of sp³-hybridized carbons (Fsp3) is 0.600. The van der Waals surface area contributed by atoms with E-state index in [0.29, 0.717) is 13.2 Å². The van der Waals surface area contributed by atoms with Crippen LogP contribution >= 0.6 is 0 Å². The Bertz CT molecular complexity index is 328. The summed E-state index contributed by atoms with van der Waals surface area (Å²) in [7, 11) is 0. The van der Waals surface area contributed by atoms with Crippen LogP contribution < -0.4 is 0 Å². The first-order valence-electron chi connectivity index (χ1n) is 6.82. The van der Waals surface area contributed by atoms with Gasteiger partial charge in [0, 0.05) is 23.5 Å². The Hall–Kier alpha value is -1.49. The van der Waals surface area contributed by atoms with E-state index < -0.39 is 0 Å². The first-order chi connectivity index (χ1) is 10.1. The molecule has 0 aliphatic heterocycles. The number of aliphatic hydroxyl groups is 3. The number of carbonyl (C=O) groups excluding carboxylic acids is 2. The molecule has 0 spiro atoms. The molecule has 0 aliphatic carbocycles. The number of rotatable bonds is 6. The van der Waals surface area contributed by atoms with Gasteiger partial charge in [-0.15, -0.1) is 0 Å². The highest BCUT2D eigenvalue weighted by molar-refractivity contribution is 5.87. The number of hydrogen-bond donors (Lipinski definition) is 3. The average molecular weight is 347 g/mol. The van der Waals surface area contributed by atoms with Crippen molar-refractivity contribution in [3.05, 3.63) is 24.0 Å². The van der Waals surface area contributed by atoms with Crippen molar-refractivity contribution >= 4 is 28.9 Å². The molecule has 0 fully saturated rings. The molecule has 0 aliphatic rings. The summed E-state index contributed by atoms with van der Waals surface area (Å²) >= 11 is 0. The molecule has 0 aromatic heterocycles. The van der Waals surface area contributed by atoms with Crippen LogP contribution in [0.25, 0.3) is 0 Å². The third-order valence-electron chi connectivity index (χ3n) is 1.24. The van der Waals surface area contributed by atoms with Gasteiger partial charge in [0.25, 0.3) is 11.9 Å². The molecule has 0 heterocycles. The monoisotopic (exact) mass is 347 g/mol. The van der Waals surface area contributed by atoms with Gasteiger partial charge in [-0.3, -0.25) is 9.59 Å². The zero-order chi connectivity index (χ0) is 18.1. The summed E-state index contributed by atoms with van der Waals surface area (Å²) in [6.07, 6.45) is 1.90. The van der Waals surface area contributed by atoms with Crippen LogP contribution in [0.4, 0.5) is 0 Å². The highest BCUT2D eigenvalue weighted by Gasteiger charge is 1.92. The van der Waals surface area contributed by atoms with E-state index in [1.807, 2.05) is 0 Å². The van der Waals surface area contributed by atoms with E-state index in [0.717, 1.165) is 12.2 Å². The van der Waals surface area contributed by atoms with Crippen LogP contribution in [-0.4, -0.2) is 63.6 Å². The molecule has 0 rings (SSSR count). The van der Waals surface area contributed by atoms with Crippen LogP contribution in [0.3, 0.4) is 0 Å². The molecule has 23 heavy (non-hydrogen) atoms. The van der Waals surface area contributed by atoms with Gasteiger partial charge in [-0.1, -0.05) is 0 Å². The molecule has 0 aromatic rings. The Morgan fingerprint density at radius 1 is 0.913 bits per heavy atom. The summed E-state index contributed by atoms with van der Waals surface area (Å²) in [6.45, 7) is 10.3. The molecule has 0 unspecified atom stereocenters. The predicted molar refractivity (Wildman–Crippen MR) is 89.1 cm³/mol. The summed E-state index contributed by atoms with van der Waals surface area (Å²) in [5.74, 6) is -1.07. The van der Waals surface area contributed by atoms with Crippen molar-refractivity contribution in [3.63, 3.8) is 0 Å². The van der Waals surface area contributed by atoms with Gasteiger partial charge in [0.1, 0.15) is 0 Å². The lowest BCUT2D eigenvalue weighted by molar-refractivity contribution is -0.114. The number of carbonyl (C=O) groups is 2. The van der Waals surface area contributed by atoms with Crippen molar-refractivity contribution in [1.82, 2.24) is 0 Å². The molecule has 0 amide bonds. The number of aliphatic hydroxyl groups excluding tert-OH is 3. The van der Waals surface area contributed by atoms with E-state index in [2.05, 4.69) is 9.47 Å². The maximum absolute atomic E-state index is 10.2. The van der Waals surface area contributed by atoms with E-state index in [1.54, 1.807) is 27.7 Å². The molecular formula is C15H28AlO7. The molecule has 0 saturated heterocycles. The smallest absolute Gasteiger partial charge is 0.280 e. The van der Waals surface area contributed by atoms with Gasteiger partial charge in [-0.2, -0.15) is 0 Å². The molecule has 0 atom stereocenters. The topological polar surface area (TPSA) is 113 Å². The van der Waals surface area contributed by atoms with Gasteiger partial charge in [-0.25, -0.2) is 0 Å². The Morgan fingerprint density at radius 2 is 1.13 bits per heavy atom. The maximum atomic E-state index is 10.2. The lowest BCUT2D eigenvalue weighted by atomic mass is 10.4. The second-order valence-corrected chi connectivity index (χ2v) is 4.15. The summed E-state index contributed by atoms with van der Waals surface area (Å²) < 4.78 is 9.10. The molecule has 0 bridgehead atoms. The minimum absolute atomic E-state index is 0. The lowest BCUT2D eigenvalue weighted by Crippen LogP contribution is -1.93. The molecule has 8 heteroatoms. The minimum Gasteiger partial charge on any atom is -0.481 e. The Kier molecular flexibility index (Phi) is 26.3. The van der Waals surface area contributed by atoms with E-state index >= 15 is 0 Å². The van der Waals surface area contributed by atoms with Crippen molar-refractivity contribution in [3.8, 4) is 0 Å². The van der Waals surface area contributed by atoms with Crippen LogP contribution in [0.1, 0.15) is 41.5 Å².